The van der Waals surface area contributed by atoms with Crippen LogP contribution in [0.5, 0.6) is 5.75 Å². The first-order valence-corrected chi connectivity index (χ1v) is 12.1. The molecule has 1 aromatic carbocycles. The summed E-state index contributed by atoms with van der Waals surface area (Å²) in [5, 5.41) is 21.7. The molecule has 186 valence electrons. The number of aromatic nitrogens is 4. The number of hydrogen-bond acceptors (Lipinski definition) is 8. The number of rotatable bonds is 6. The first-order chi connectivity index (χ1) is 17.2. The number of aliphatic hydroxyl groups is 1. The van der Waals surface area contributed by atoms with Gasteiger partial charge in [-0.3, -0.25) is 4.98 Å². The average molecular weight is 528 g/mol. The minimum Gasteiger partial charge on any atom is -0.491 e. The van der Waals surface area contributed by atoms with Gasteiger partial charge in [-0.15, -0.1) is 0 Å². The highest BCUT2D eigenvalue weighted by atomic mass is 35.5. The standard InChI is InChI=1S/C25H23Cl2N5O4/c1-13-19(11-34-15-4-5-16-18(8-15)29-10-14(9-28)20(16)26)35-24(21(13)36-25(2,3)33)32-7-6-17-22(27)30-12-31-23(17)32/h4-8,10,12-13,19,21,24,33H,11H2,1-3H3/t13-,19-,21-,24-/m1/s1. The van der Waals surface area contributed by atoms with Crippen LogP contribution in [0.4, 0.5) is 0 Å². The summed E-state index contributed by atoms with van der Waals surface area (Å²) in [6.45, 7) is 5.38. The number of hydrogen-bond donors (Lipinski definition) is 1. The van der Waals surface area contributed by atoms with Gasteiger partial charge in [0.2, 0.25) is 0 Å². The molecule has 1 aliphatic rings. The molecule has 9 nitrogen and oxygen atoms in total. The van der Waals surface area contributed by atoms with Crippen molar-refractivity contribution in [3.05, 3.63) is 58.7 Å². The largest absolute Gasteiger partial charge is 0.491 e. The van der Waals surface area contributed by atoms with E-state index >= 15 is 0 Å². The lowest BCUT2D eigenvalue weighted by atomic mass is 10.00. The van der Waals surface area contributed by atoms with Gasteiger partial charge in [0.15, 0.2) is 12.0 Å². The molecule has 0 spiro atoms. The summed E-state index contributed by atoms with van der Waals surface area (Å²) in [7, 11) is 0. The van der Waals surface area contributed by atoms with Gasteiger partial charge in [-0.05, 0) is 32.0 Å². The highest BCUT2D eigenvalue weighted by Gasteiger charge is 2.46. The third-order valence-electron chi connectivity index (χ3n) is 6.17. The second kappa shape index (κ2) is 9.47. The highest BCUT2D eigenvalue weighted by molar-refractivity contribution is 6.36. The van der Waals surface area contributed by atoms with Gasteiger partial charge in [-0.1, -0.05) is 30.1 Å². The molecule has 3 aromatic heterocycles. The predicted octanol–water partition coefficient (Wildman–Crippen LogP) is 4.88. The summed E-state index contributed by atoms with van der Waals surface area (Å²) < 4.78 is 20.3. The normalized spacial score (nSPS) is 22.2. The maximum absolute atomic E-state index is 10.4. The molecular formula is C25H23Cl2N5O4. The fraction of sp³-hybridized carbons (Fsp3) is 0.360. The highest BCUT2D eigenvalue weighted by Crippen LogP contribution is 2.40. The number of benzene rings is 1. The molecule has 0 bridgehead atoms. The van der Waals surface area contributed by atoms with Crippen LogP contribution in [-0.2, 0) is 9.47 Å². The summed E-state index contributed by atoms with van der Waals surface area (Å²) in [5.41, 5.74) is 1.54. The molecule has 11 heteroatoms. The third kappa shape index (κ3) is 4.59. The van der Waals surface area contributed by atoms with Crippen molar-refractivity contribution in [3.63, 3.8) is 0 Å². The molecule has 1 aliphatic heterocycles. The van der Waals surface area contributed by atoms with Crippen molar-refractivity contribution in [1.82, 2.24) is 19.5 Å². The molecule has 1 saturated heterocycles. The zero-order valence-corrected chi connectivity index (χ0v) is 21.2. The first-order valence-electron chi connectivity index (χ1n) is 11.3. The van der Waals surface area contributed by atoms with Gasteiger partial charge in [0, 0.05) is 29.8 Å². The van der Waals surface area contributed by atoms with Gasteiger partial charge in [0.25, 0.3) is 0 Å². The molecule has 0 saturated carbocycles. The van der Waals surface area contributed by atoms with Gasteiger partial charge in [0.05, 0.1) is 27.6 Å². The van der Waals surface area contributed by atoms with Crippen LogP contribution < -0.4 is 4.74 Å². The van der Waals surface area contributed by atoms with Crippen LogP contribution in [-0.4, -0.2) is 49.2 Å². The number of nitriles is 1. The average Bonchev–Trinajstić information content (AvgIpc) is 3.39. The molecular weight excluding hydrogens is 505 g/mol. The van der Waals surface area contributed by atoms with Crippen LogP contribution in [0.25, 0.3) is 21.9 Å². The summed E-state index contributed by atoms with van der Waals surface area (Å²) in [6.07, 6.45) is 3.23. The van der Waals surface area contributed by atoms with E-state index in [9.17, 15) is 5.11 Å². The lowest BCUT2D eigenvalue weighted by Crippen LogP contribution is -2.37. The minimum atomic E-state index is -1.38. The zero-order chi connectivity index (χ0) is 25.6. The topological polar surface area (TPSA) is 115 Å². The molecule has 0 unspecified atom stereocenters. The Kier molecular flexibility index (Phi) is 6.49. The van der Waals surface area contributed by atoms with Gasteiger partial charge in [-0.2, -0.15) is 5.26 Å². The summed E-state index contributed by atoms with van der Waals surface area (Å²) in [5.74, 6) is -0.930. The van der Waals surface area contributed by atoms with E-state index < -0.39 is 18.1 Å². The van der Waals surface area contributed by atoms with Crippen LogP contribution in [0.1, 0.15) is 32.6 Å². The number of pyridine rings is 1. The molecule has 0 radical (unpaired) electrons. The predicted molar refractivity (Wildman–Crippen MR) is 134 cm³/mol. The Morgan fingerprint density at radius 3 is 2.75 bits per heavy atom. The zero-order valence-electron chi connectivity index (χ0n) is 19.7. The van der Waals surface area contributed by atoms with Crippen molar-refractivity contribution in [2.45, 2.75) is 45.0 Å². The summed E-state index contributed by atoms with van der Waals surface area (Å²) >= 11 is 12.5. The molecule has 0 aliphatic carbocycles. The number of halogens is 2. The fourth-order valence-electron chi connectivity index (χ4n) is 4.40. The van der Waals surface area contributed by atoms with Crippen molar-refractivity contribution in [2.24, 2.45) is 5.92 Å². The van der Waals surface area contributed by atoms with Crippen molar-refractivity contribution in [3.8, 4) is 11.8 Å². The van der Waals surface area contributed by atoms with E-state index in [1.54, 1.807) is 32.0 Å². The van der Waals surface area contributed by atoms with Crippen molar-refractivity contribution in [2.75, 3.05) is 6.61 Å². The Morgan fingerprint density at radius 1 is 1.19 bits per heavy atom. The van der Waals surface area contributed by atoms with Gasteiger partial charge in [-0.25, -0.2) is 9.97 Å². The number of fused-ring (bicyclic) bond motifs is 2. The van der Waals surface area contributed by atoms with E-state index in [0.717, 1.165) is 0 Å². The van der Waals surface area contributed by atoms with E-state index in [1.807, 2.05) is 29.8 Å². The molecule has 4 aromatic rings. The van der Waals surface area contributed by atoms with Gasteiger partial charge in [0.1, 0.15) is 41.7 Å². The molecule has 0 amide bonds. The quantitative estimate of drug-likeness (QED) is 0.278. The maximum atomic E-state index is 10.4. The summed E-state index contributed by atoms with van der Waals surface area (Å²) in [4.78, 5) is 12.7. The van der Waals surface area contributed by atoms with Crippen molar-refractivity contribution in [1.29, 1.82) is 5.26 Å². The van der Waals surface area contributed by atoms with E-state index in [4.69, 9.17) is 42.7 Å². The lowest BCUT2D eigenvalue weighted by molar-refractivity contribution is -0.227. The maximum Gasteiger partial charge on any atom is 0.162 e. The Balaban J connectivity index is 1.40. The molecule has 5 rings (SSSR count). The smallest absolute Gasteiger partial charge is 0.162 e. The molecule has 1 fully saturated rings. The van der Waals surface area contributed by atoms with E-state index in [0.29, 0.717) is 43.4 Å². The van der Waals surface area contributed by atoms with Crippen LogP contribution in [0.3, 0.4) is 0 Å². The first kappa shape index (κ1) is 24.7. The fourth-order valence-corrected chi connectivity index (χ4v) is 4.84. The lowest BCUT2D eigenvalue weighted by Gasteiger charge is -2.29. The molecule has 1 N–H and O–H groups in total. The van der Waals surface area contributed by atoms with E-state index in [1.165, 1.54) is 12.5 Å². The Morgan fingerprint density at radius 2 is 2.00 bits per heavy atom. The Bertz CT molecular complexity index is 1480. The van der Waals surface area contributed by atoms with Gasteiger partial charge < -0.3 is 23.9 Å². The number of ether oxygens (including phenoxy) is 3. The second-order valence-corrected chi connectivity index (χ2v) is 9.90. The molecule has 4 heterocycles. The van der Waals surface area contributed by atoms with E-state index in [2.05, 4.69) is 15.0 Å². The van der Waals surface area contributed by atoms with Crippen molar-refractivity contribution < 1.29 is 19.3 Å². The van der Waals surface area contributed by atoms with Crippen molar-refractivity contribution >= 4 is 45.1 Å². The minimum absolute atomic E-state index is 0.137. The second-order valence-electron chi connectivity index (χ2n) is 9.17. The molecule has 36 heavy (non-hydrogen) atoms. The van der Waals surface area contributed by atoms with Crippen LogP contribution in [0.2, 0.25) is 10.2 Å². The van der Waals surface area contributed by atoms with Crippen LogP contribution in [0, 0.1) is 17.2 Å². The Labute approximate surface area is 217 Å². The SMILES string of the molecule is C[C@H]1[C@@H](OC(C)(C)O)[C@H](n2ccc3c(Cl)ncnc32)O[C@@H]1COc1ccc2c(Cl)c(C#N)cnc2c1. The number of nitrogens with zero attached hydrogens (tertiary/aromatic N) is 5. The van der Waals surface area contributed by atoms with Crippen LogP contribution in [0.15, 0.2) is 43.0 Å². The Hall–Kier alpha value is -3.00. The summed E-state index contributed by atoms with van der Waals surface area (Å²) in [6, 6.07) is 9.17. The monoisotopic (exact) mass is 527 g/mol. The van der Waals surface area contributed by atoms with E-state index in [-0.39, 0.29) is 18.6 Å². The molecule has 4 atom stereocenters. The van der Waals surface area contributed by atoms with Gasteiger partial charge >= 0.3 is 0 Å². The van der Waals surface area contributed by atoms with Crippen LogP contribution >= 0.6 is 23.2 Å². The third-order valence-corrected chi connectivity index (χ3v) is 6.88.